The molecule has 0 unspecified atom stereocenters. The van der Waals surface area contributed by atoms with Gasteiger partial charge >= 0.3 is 0 Å². The van der Waals surface area contributed by atoms with Gasteiger partial charge in [-0.2, -0.15) is 0 Å². The molecule has 0 radical (unpaired) electrons. The summed E-state index contributed by atoms with van der Waals surface area (Å²) in [4.78, 5) is 5.68. The van der Waals surface area contributed by atoms with Crippen molar-refractivity contribution in [3.05, 3.63) is 72.9 Å². The standard InChI is InChI=1S/C19H15N5O2/c1-25-15-7-5-9-17(13-15)26-16-8-4-6-14(12-16)24-22-19(21-23-24)18-10-2-3-11-20-18/h2-13H,1H3. The monoisotopic (exact) mass is 345 g/mol. The first-order valence-corrected chi connectivity index (χ1v) is 7.95. The SMILES string of the molecule is COc1cccc(Oc2cccc(-n3nnc(-c4ccccn4)n3)c2)c1. The number of ether oxygens (including phenoxy) is 2. The van der Waals surface area contributed by atoms with E-state index in [0.717, 1.165) is 11.4 Å². The quantitative estimate of drug-likeness (QED) is 0.551. The van der Waals surface area contributed by atoms with Gasteiger partial charge in [0.05, 0.1) is 12.8 Å². The van der Waals surface area contributed by atoms with Crippen molar-refractivity contribution in [2.24, 2.45) is 0 Å². The first kappa shape index (κ1) is 15.8. The molecule has 0 saturated heterocycles. The number of tetrazole rings is 1. The highest BCUT2D eigenvalue weighted by molar-refractivity contribution is 5.47. The van der Waals surface area contributed by atoms with Crippen molar-refractivity contribution in [2.75, 3.05) is 7.11 Å². The second-order valence-electron chi connectivity index (χ2n) is 5.40. The van der Waals surface area contributed by atoms with Crippen LogP contribution in [0.25, 0.3) is 17.2 Å². The average molecular weight is 345 g/mol. The van der Waals surface area contributed by atoms with Crippen LogP contribution in [0.5, 0.6) is 17.2 Å². The summed E-state index contributed by atoms with van der Waals surface area (Å²) in [5.74, 6) is 2.54. The minimum Gasteiger partial charge on any atom is -0.497 e. The third-order valence-corrected chi connectivity index (χ3v) is 3.63. The topological polar surface area (TPSA) is 75.0 Å². The van der Waals surface area contributed by atoms with Gasteiger partial charge in [-0.15, -0.1) is 15.0 Å². The molecular formula is C19H15N5O2. The highest BCUT2D eigenvalue weighted by atomic mass is 16.5. The molecule has 7 nitrogen and oxygen atoms in total. The summed E-state index contributed by atoms with van der Waals surface area (Å²) >= 11 is 0. The Labute approximate surface area is 149 Å². The van der Waals surface area contributed by atoms with E-state index < -0.39 is 0 Å². The van der Waals surface area contributed by atoms with E-state index in [2.05, 4.69) is 20.4 Å². The molecule has 0 aliphatic rings. The Morgan fingerprint density at radius 2 is 1.65 bits per heavy atom. The van der Waals surface area contributed by atoms with Gasteiger partial charge in [0, 0.05) is 18.3 Å². The molecule has 0 fully saturated rings. The van der Waals surface area contributed by atoms with Gasteiger partial charge in [-0.1, -0.05) is 18.2 Å². The van der Waals surface area contributed by atoms with Crippen LogP contribution in [0.15, 0.2) is 72.9 Å². The Hall–Kier alpha value is -3.74. The molecule has 0 aliphatic carbocycles. The number of nitrogens with zero attached hydrogens (tertiary/aromatic N) is 5. The van der Waals surface area contributed by atoms with Crippen molar-refractivity contribution in [1.29, 1.82) is 0 Å². The van der Waals surface area contributed by atoms with E-state index in [1.165, 1.54) is 4.80 Å². The van der Waals surface area contributed by atoms with E-state index in [1.807, 2.05) is 66.7 Å². The number of rotatable bonds is 5. The average Bonchev–Trinajstić information content (AvgIpc) is 3.19. The van der Waals surface area contributed by atoms with Crippen molar-refractivity contribution in [2.45, 2.75) is 0 Å². The van der Waals surface area contributed by atoms with Crippen LogP contribution in [0, 0.1) is 0 Å². The molecule has 4 rings (SSSR count). The molecular weight excluding hydrogens is 330 g/mol. The number of hydrogen-bond donors (Lipinski definition) is 0. The summed E-state index contributed by atoms with van der Waals surface area (Å²) in [6.07, 6.45) is 1.69. The third kappa shape index (κ3) is 3.36. The summed E-state index contributed by atoms with van der Waals surface area (Å²) in [7, 11) is 1.62. The number of methoxy groups -OCH3 is 1. The number of pyridine rings is 1. The zero-order valence-electron chi connectivity index (χ0n) is 14.0. The van der Waals surface area contributed by atoms with Gasteiger partial charge in [-0.05, 0) is 41.6 Å². The van der Waals surface area contributed by atoms with Crippen molar-refractivity contribution in [3.63, 3.8) is 0 Å². The predicted octanol–water partition coefficient (Wildman–Crippen LogP) is 3.53. The highest BCUT2D eigenvalue weighted by Gasteiger charge is 2.09. The first-order valence-electron chi connectivity index (χ1n) is 7.95. The van der Waals surface area contributed by atoms with Crippen molar-refractivity contribution in [1.82, 2.24) is 25.2 Å². The Bertz CT molecular complexity index is 1020. The fraction of sp³-hybridized carbons (Fsp3) is 0.0526. The van der Waals surface area contributed by atoms with E-state index in [4.69, 9.17) is 9.47 Å². The molecule has 128 valence electrons. The zero-order chi connectivity index (χ0) is 17.8. The highest BCUT2D eigenvalue weighted by Crippen LogP contribution is 2.26. The second-order valence-corrected chi connectivity index (χ2v) is 5.40. The lowest BCUT2D eigenvalue weighted by Gasteiger charge is -2.08. The van der Waals surface area contributed by atoms with E-state index in [-0.39, 0.29) is 0 Å². The lowest BCUT2D eigenvalue weighted by atomic mass is 10.3. The van der Waals surface area contributed by atoms with E-state index >= 15 is 0 Å². The first-order chi connectivity index (χ1) is 12.8. The van der Waals surface area contributed by atoms with Gasteiger partial charge in [-0.25, -0.2) is 0 Å². The van der Waals surface area contributed by atoms with E-state index in [0.29, 0.717) is 23.0 Å². The van der Waals surface area contributed by atoms with Gasteiger partial charge in [0.1, 0.15) is 22.9 Å². The minimum atomic E-state index is 0.463. The number of benzene rings is 2. The van der Waals surface area contributed by atoms with Crippen molar-refractivity contribution < 1.29 is 9.47 Å². The predicted molar refractivity (Wildman–Crippen MR) is 95.5 cm³/mol. The molecule has 0 aliphatic heterocycles. The third-order valence-electron chi connectivity index (χ3n) is 3.63. The lowest BCUT2D eigenvalue weighted by molar-refractivity contribution is 0.409. The summed E-state index contributed by atoms with van der Waals surface area (Å²) in [6, 6.07) is 20.4. The molecule has 7 heteroatoms. The Kier molecular flexibility index (Phi) is 4.26. The van der Waals surface area contributed by atoms with Gasteiger partial charge in [-0.3, -0.25) is 4.98 Å². The smallest absolute Gasteiger partial charge is 0.223 e. The normalized spacial score (nSPS) is 10.5. The van der Waals surface area contributed by atoms with E-state index in [1.54, 1.807) is 13.3 Å². The zero-order valence-corrected chi connectivity index (χ0v) is 14.0. The molecule has 0 spiro atoms. The molecule has 0 saturated carbocycles. The Morgan fingerprint density at radius 3 is 2.46 bits per heavy atom. The van der Waals surface area contributed by atoms with Crippen molar-refractivity contribution in [3.8, 4) is 34.5 Å². The summed E-state index contributed by atoms with van der Waals surface area (Å²) < 4.78 is 11.1. The summed E-state index contributed by atoms with van der Waals surface area (Å²) in [5, 5.41) is 12.5. The Balaban J connectivity index is 1.59. The van der Waals surface area contributed by atoms with Gasteiger partial charge in [0.25, 0.3) is 0 Å². The van der Waals surface area contributed by atoms with Gasteiger partial charge in [0.2, 0.25) is 5.82 Å². The molecule has 4 aromatic rings. The maximum atomic E-state index is 5.89. The second kappa shape index (κ2) is 7.02. The maximum Gasteiger partial charge on any atom is 0.223 e. The fourth-order valence-electron chi connectivity index (χ4n) is 2.39. The van der Waals surface area contributed by atoms with Gasteiger partial charge in [0.15, 0.2) is 0 Å². The van der Waals surface area contributed by atoms with Crippen LogP contribution >= 0.6 is 0 Å². The van der Waals surface area contributed by atoms with Crippen LogP contribution in [0.1, 0.15) is 0 Å². The van der Waals surface area contributed by atoms with E-state index in [9.17, 15) is 0 Å². The number of aromatic nitrogens is 5. The van der Waals surface area contributed by atoms with Crippen LogP contribution in [0.3, 0.4) is 0 Å². The summed E-state index contributed by atoms with van der Waals surface area (Å²) in [6.45, 7) is 0. The molecule has 2 heterocycles. The molecule has 0 bridgehead atoms. The molecule has 0 atom stereocenters. The molecule has 2 aromatic heterocycles. The lowest BCUT2D eigenvalue weighted by Crippen LogP contribution is -1.99. The van der Waals surface area contributed by atoms with Crippen LogP contribution in [-0.2, 0) is 0 Å². The fourth-order valence-corrected chi connectivity index (χ4v) is 2.39. The van der Waals surface area contributed by atoms with Crippen LogP contribution in [0.2, 0.25) is 0 Å². The summed E-state index contributed by atoms with van der Waals surface area (Å²) in [5.41, 5.74) is 1.41. The molecule has 2 aromatic carbocycles. The van der Waals surface area contributed by atoms with Crippen LogP contribution in [0.4, 0.5) is 0 Å². The van der Waals surface area contributed by atoms with Crippen LogP contribution in [-0.4, -0.2) is 32.3 Å². The van der Waals surface area contributed by atoms with Gasteiger partial charge < -0.3 is 9.47 Å². The van der Waals surface area contributed by atoms with Crippen LogP contribution < -0.4 is 9.47 Å². The maximum absolute atomic E-state index is 5.89. The number of hydrogen-bond acceptors (Lipinski definition) is 6. The van der Waals surface area contributed by atoms with Crippen molar-refractivity contribution >= 4 is 0 Å². The molecule has 26 heavy (non-hydrogen) atoms. The Morgan fingerprint density at radius 1 is 0.846 bits per heavy atom. The largest absolute Gasteiger partial charge is 0.497 e. The molecule has 0 N–H and O–H groups in total. The molecule has 0 amide bonds. The minimum absolute atomic E-state index is 0.463.